The Kier molecular flexibility index (Phi) is 7.49. The van der Waals surface area contributed by atoms with Crippen molar-refractivity contribution in [1.29, 1.82) is 0 Å². The van der Waals surface area contributed by atoms with Crippen LogP contribution in [0.25, 0.3) is 0 Å². The third-order valence-corrected chi connectivity index (χ3v) is 4.76. The molecular weight excluding hydrogens is 324 g/mol. The van der Waals surface area contributed by atoms with Gasteiger partial charge in [0.1, 0.15) is 5.75 Å². The lowest BCUT2D eigenvalue weighted by Crippen LogP contribution is -2.42. The molecule has 0 bridgehead atoms. The maximum Gasteiger partial charge on any atom is 0.120 e. The highest BCUT2D eigenvalue weighted by Gasteiger charge is 2.16. The molecule has 0 aliphatic carbocycles. The molecule has 0 saturated carbocycles. The molecule has 0 fully saturated rings. The number of benzene rings is 2. The van der Waals surface area contributed by atoms with Crippen molar-refractivity contribution in [3.63, 3.8) is 0 Å². The van der Waals surface area contributed by atoms with Crippen LogP contribution in [0.5, 0.6) is 5.75 Å². The lowest BCUT2D eigenvalue weighted by Gasteiger charge is -2.34. The van der Waals surface area contributed by atoms with Gasteiger partial charge in [-0.3, -0.25) is 4.90 Å². The minimum absolute atomic E-state index is 0.0207. The lowest BCUT2D eigenvalue weighted by atomic mass is 10.1. The van der Waals surface area contributed by atoms with Gasteiger partial charge in [0, 0.05) is 43.0 Å². The molecule has 0 aliphatic rings. The molecule has 0 amide bonds. The predicted octanol–water partition coefficient (Wildman–Crippen LogP) is 4.01. The van der Waals surface area contributed by atoms with Crippen LogP contribution in [-0.4, -0.2) is 40.3 Å². The molecular formula is C22H32N2O2. The average Bonchev–Trinajstić information content (AvgIpc) is 2.62. The zero-order chi connectivity index (χ0) is 19.1. The van der Waals surface area contributed by atoms with Crippen LogP contribution >= 0.6 is 0 Å². The number of anilines is 1. The van der Waals surface area contributed by atoms with Gasteiger partial charge in [0.25, 0.3) is 0 Å². The molecule has 26 heavy (non-hydrogen) atoms. The molecule has 4 nitrogen and oxygen atoms in total. The Hall–Kier alpha value is -2.04. The van der Waals surface area contributed by atoms with Gasteiger partial charge in [-0.1, -0.05) is 24.3 Å². The standard InChI is InChI=1S/C22H32N2O2/c1-17(2)24(18(3)4)13-12-23(21-8-6-5-7-9-21)15-20-14-19(16-25)10-11-22(20)26/h5-11,14,17-18,25-26H,12-13,15-16H2,1-4H3. The van der Waals surface area contributed by atoms with Crippen molar-refractivity contribution in [2.45, 2.75) is 52.9 Å². The third-order valence-electron chi connectivity index (χ3n) is 4.76. The summed E-state index contributed by atoms with van der Waals surface area (Å²) in [4.78, 5) is 4.76. The minimum atomic E-state index is -0.0207. The second kappa shape index (κ2) is 9.60. The molecule has 0 aromatic heterocycles. The summed E-state index contributed by atoms with van der Waals surface area (Å²) in [6.07, 6.45) is 0. The maximum absolute atomic E-state index is 10.3. The highest BCUT2D eigenvalue weighted by molar-refractivity contribution is 5.48. The number of hydrogen-bond donors (Lipinski definition) is 2. The zero-order valence-corrected chi connectivity index (χ0v) is 16.4. The summed E-state index contributed by atoms with van der Waals surface area (Å²) in [7, 11) is 0. The zero-order valence-electron chi connectivity index (χ0n) is 16.4. The Morgan fingerprint density at radius 3 is 2.12 bits per heavy atom. The van der Waals surface area contributed by atoms with E-state index in [2.05, 4.69) is 49.6 Å². The molecule has 0 spiro atoms. The lowest BCUT2D eigenvalue weighted by molar-refractivity contribution is 0.179. The number of nitrogens with zero attached hydrogens (tertiary/aromatic N) is 2. The highest BCUT2D eigenvalue weighted by Crippen LogP contribution is 2.24. The van der Waals surface area contributed by atoms with Crippen LogP contribution in [0.1, 0.15) is 38.8 Å². The van der Waals surface area contributed by atoms with E-state index in [9.17, 15) is 10.2 Å². The molecule has 0 heterocycles. The molecule has 2 aromatic rings. The summed E-state index contributed by atoms with van der Waals surface area (Å²) in [5, 5.41) is 19.7. The molecule has 2 rings (SSSR count). The van der Waals surface area contributed by atoms with E-state index >= 15 is 0 Å². The van der Waals surface area contributed by atoms with Crippen LogP contribution in [0.3, 0.4) is 0 Å². The van der Waals surface area contributed by atoms with Gasteiger partial charge in [-0.05, 0) is 57.5 Å². The number of hydrogen-bond acceptors (Lipinski definition) is 4. The van der Waals surface area contributed by atoms with Gasteiger partial charge in [-0.25, -0.2) is 0 Å². The summed E-state index contributed by atoms with van der Waals surface area (Å²) in [5.74, 6) is 0.271. The number of phenolic OH excluding ortho intramolecular Hbond substituents is 1. The van der Waals surface area contributed by atoms with E-state index in [0.717, 1.165) is 29.9 Å². The Balaban J connectivity index is 2.22. The predicted molar refractivity (Wildman–Crippen MR) is 108 cm³/mol. The Morgan fingerprint density at radius 1 is 0.885 bits per heavy atom. The van der Waals surface area contributed by atoms with Crippen LogP contribution in [0, 0.1) is 0 Å². The fraction of sp³-hybridized carbons (Fsp3) is 0.455. The SMILES string of the molecule is CC(C)N(CCN(Cc1cc(CO)ccc1O)c1ccccc1)C(C)C. The number of aromatic hydroxyl groups is 1. The highest BCUT2D eigenvalue weighted by atomic mass is 16.3. The monoisotopic (exact) mass is 356 g/mol. The van der Waals surface area contributed by atoms with Crippen LogP contribution < -0.4 is 4.90 Å². The van der Waals surface area contributed by atoms with Crippen molar-refractivity contribution in [3.05, 3.63) is 59.7 Å². The molecule has 0 radical (unpaired) electrons. The first-order valence-corrected chi connectivity index (χ1v) is 9.39. The number of phenols is 1. The first-order valence-electron chi connectivity index (χ1n) is 9.39. The molecule has 0 aliphatic heterocycles. The Morgan fingerprint density at radius 2 is 1.54 bits per heavy atom. The Bertz CT molecular complexity index is 663. The molecule has 0 atom stereocenters. The van der Waals surface area contributed by atoms with Crippen LogP contribution in [0.15, 0.2) is 48.5 Å². The molecule has 142 valence electrons. The van der Waals surface area contributed by atoms with E-state index in [-0.39, 0.29) is 12.4 Å². The molecule has 2 aromatic carbocycles. The van der Waals surface area contributed by atoms with Crippen LogP contribution in [0.2, 0.25) is 0 Å². The Labute approximate surface area is 157 Å². The van der Waals surface area contributed by atoms with Gasteiger partial charge in [0.05, 0.1) is 6.61 Å². The van der Waals surface area contributed by atoms with Crippen molar-refractivity contribution in [2.75, 3.05) is 18.0 Å². The molecule has 2 N–H and O–H groups in total. The topological polar surface area (TPSA) is 46.9 Å². The van der Waals surface area contributed by atoms with E-state index in [1.165, 1.54) is 0 Å². The summed E-state index contributed by atoms with van der Waals surface area (Å²) < 4.78 is 0. The van der Waals surface area contributed by atoms with Crippen molar-refractivity contribution in [1.82, 2.24) is 4.90 Å². The number of rotatable bonds is 9. The summed E-state index contributed by atoms with van der Waals surface area (Å²) in [6.45, 7) is 11.3. The van der Waals surface area contributed by atoms with E-state index in [1.807, 2.05) is 24.3 Å². The maximum atomic E-state index is 10.3. The van der Waals surface area contributed by atoms with Gasteiger partial charge >= 0.3 is 0 Å². The quantitative estimate of drug-likeness (QED) is 0.713. The summed E-state index contributed by atoms with van der Waals surface area (Å²) >= 11 is 0. The van der Waals surface area contributed by atoms with Gasteiger partial charge in [-0.2, -0.15) is 0 Å². The number of aliphatic hydroxyl groups is 1. The third kappa shape index (κ3) is 5.48. The van der Waals surface area contributed by atoms with Crippen LogP contribution in [-0.2, 0) is 13.2 Å². The second-order valence-corrected chi connectivity index (χ2v) is 7.30. The minimum Gasteiger partial charge on any atom is -0.508 e. The largest absolute Gasteiger partial charge is 0.508 e. The van der Waals surface area contributed by atoms with E-state index in [0.29, 0.717) is 18.6 Å². The van der Waals surface area contributed by atoms with E-state index in [4.69, 9.17) is 0 Å². The van der Waals surface area contributed by atoms with Gasteiger partial charge in [0.15, 0.2) is 0 Å². The second-order valence-electron chi connectivity index (χ2n) is 7.30. The fourth-order valence-electron chi connectivity index (χ4n) is 3.36. The molecule has 4 heteroatoms. The van der Waals surface area contributed by atoms with Crippen molar-refractivity contribution in [2.24, 2.45) is 0 Å². The van der Waals surface area contributed by atoms with E-state index < -0.39 is 0 Å². The first kappa shape index (κ1) is 20.3. The number of aliphatic hydroxyl groups excluding tert-OH is 1. The van der Waals surface area contributed by atoms with E-state index in [1.54, 1.807) is 12.1 Å². The van der Waals surface area contributed by atoms with Crippen molar-refractivity contribution < 1.29 is 10.2 Å². The first-order chi connectivity index (χ1) is 12.4. The van der Waals surface area contributed by atoms with Gasteiger partial charge < -0.3 is 15.1 Å². The van der Waals surface area contributed by atoms with Crippen molar-refractivity contribution in [3.8, 4) is 5.75 Å². The average molecular weight is 357 g/mol. The van der Waals surface area contributed by atoms with Crippen LogP contribution in [0.4, 0.5) is 5.69 Å². The summed E-state index contributed by atoms with van der Waals surface area (Å²) in [6, 6.07) is 16.6. The molecule has 0 unspecified atom stereocenters. The normalized spacial score (nSPS) is 11.5. The fourth-order valence-corrected chi connectivity index (χ4v) is 3.36. The summed E-state index contributed by atoms with van der Waals surface area (Å²) in [5.41, 5.74) is 2.78. The van der Waals surface area contributed by atoms with Crippen molar-refractivity contribution >= 4 is 5.69 Å². The number of para-hydroxylation sites is 1. The smallest absolute Gasteiger partial charge is 0.120 e. The van der Waals surface area contributed by atoms with Gasteiger partial charge in [-0.15, -0.1) is 0 Å². The molecule has 0 saturated heterocycles. The van der Waals surface area contributed by atoms with Gasteiger partial charge in [0.2, 0.25) is 0 Å².